The molecule has 0 bridgehead atoms. The van der Waals surface area contributed by atoms with Gasteiger partial charge in [0.15, 0.2) is 0 Å². The van der Waals surface area contributed by atoms with Crippen molar-refractivity contribution in [1.29, 1.82) is 0 Å². The Morgan fingerprint density at radius 3 is 2.25 bits per heavy atom. The molecule has 1 aromatic rings. The summed E-state index contributed by atoms with van der Waals surface area (Å²) in [4.78, 5) is 0. The summed E-state index contributed by atoms with van der Waals surface area (Å²) in [7, 11) is 0. The highest BCUT2D eigenvalue weighted by atomic mass is 16.3. The van der Waals surface area contributed by atoms with Gasteiger partial charge in [0.2, 0.25) is 0 Å². The fourth-order valence-electron chi connectivity index (χ4n) is 1.36. The monoisotopic (exact) mass is 163 g/mol. The predicted octanol–water partition coefficient (Wildman–Crippen LogP) is 1.13. The Labute approximate surface area is 72.0 Å². The molecule has 0 spiro atoms. The topological polar surface area (TPSA) is 46.2 Å². The number of hydrogen-bond donors (Lipinski definition) is 2. The Hall–Kier alpha value is -0.860. The summed E-state index contributed by atoms with van der Waals surface area (Å²) in [5.74, 6) is 0. The second kappa shape index (κ2) is 2.57. The van der Waals surface area contributed by atoms with E-state index in [1.807, 2.05) is 24.3 Å². The minimum Gasteiger partial charge on any atom is -0.385 e. The molecule has 2 heteroatoms. The highest BCUT2D eigenvalue weighted by Gasteiger charge is 2.41. The molecule has 0 unspecified atom stereocenters. The molecule has 0 aromatic heterocycles. The summed E-state index contributed by atoms with van der Waals surface area (Å²) in [6, 6.07) is 7.89. The second-order valence-corrected chi connectivity index (χ2v) is 3.43. The van der Waals surface area contributed by atoms with Crippen LogP contribution in [0.25, 0.3) is 0 Å². The van der Waals surface area contributed by atoms with Crippen LogP contribution < -0.4 is 5.73 Å². The summed E-state index contributed by atoms with van der Waals surface area (Å²) in [6.45, 7) is 0.568. The fourth-order valence-corrected chi connectivity index (χ4v) is 1.36. The van der Waals surface area contributed by atoms with E-state index in [0.717, 1.165) is 24.0 Å². The van der Waals surface area contributed by atoms with Crippen LogP contribution in [0.3, 0.4) is 0 Å². The summed E-state index contributed by atoms with van der Waals surface area (Å²) in [5, 5.41) is 9.73. The molecular weight excluding hydrogens is 150 g/mol. The van der Waals surface area contributed by atoms with E-state index in [9.17, 15) is 5.11 Å². The molecule has 3 N–H and O–H groups in total. The molecule has 0 amide bonds. The third-order valence-electron chi connectivity index (χ3n) is 2.45. The van der Waals surface area contributed by atoms with Gasteiger partial charge in [-0.25, -0.2) is 0 Å². The summed E-state index contributed by atoms with van der Waals surface area (Å²) < 4.78 is 0. The number of aliphatic hydroxyl groups is 1. The van der Waals surface area contributed by atoms with Crippen molar-refractivity contribution < 1.29 is 5.11 Å². The zero-order valence-electron chi connectivity index (χ0n) is 6.96. The lowest BCUT2D eigenvalue weighted by molar-refractivity contribution is 0.151. The Morgan fingerprint density at radius 2 is 1.83 bits per heavy atom. The van der Waals surface area contributed by atoms with Crippen LogP contribution >= 0.6 is 0 Å². The van der Waals surface area contributed by atoms with Crippen molar-refractivity contribution in [2.24, 2.45) is 5.73 Å². The van der Waals surface area contributed by atoms with E-state index in [-0.39, 0.29) is 0 Å². The quantitative estimate of drug-likeness (QED) is 0.686. The van der Waals surface area contributed by atoms with Gasteiger partial charge in [-0.3, -0.25) is 0 Å². The maximum atomic E-state index is 9.73. The molecule has 1 aliphatic rings. The lowest BCUT2D eigenvalue weighted by Gasteiger charge is -2.07. The van der Waals surface area contributed by atoms with Crippen LogP contribution in [0.5, 0.6) is 0 Å². The Kier molecular flexibility index (Phi) is 1.67. The highest BCUT2D eigenvalue weighted by molar-refractivity contribution is 5.30. The van der Waals surface area contributed by atoms with E-state index in [1.54, 1.807) is 0 Å². The van der Waals surface area contributed by atoms with E-state index < -0.39 is 5.60 Å². The molecule has 1 fully saturated rings. The molecule has 0 radical (unpaired) electrons. The Bertz CT molecular complexity index is 274. The van der Waals surface area contributed by atoms with E-state index in [2.05, 4.69) is 0 Å². The Morgan fingerprint density at radius 1 is 1.25 bits per heavy atom. The SMILES string of the molecule is NCc1ccc(C2(O)CC2)cc1. The smallest absolute Gasteiger partial charge is 0.0899 e. The largest absolute Gasteiger partial charge is 0.385 e. The average molecular weight is 163 g/mol. The summed E-state index contributed by atoms with van der Waals surface area (Å²) >= 11 is 0. The van der Waals surface area contributed by atoms with E-state index in [4.69, 9.17) is 5.73 Å². The van der Waals surface area contributed by atoms with Crippen LogP contribution in [0, 0.1) is 0 Å². The number of nitrogens with two attached hydrogens (primary N) is 1. The molecular formula is C10H13NO. The normalized spacial score (nSPS) is 19.2. The van der Waals surface area contributed by atoms with Crippen molar-refractivity contribution >= 4 is 0 Å². The standard InChI is InChI=1S/C10H13NO/c11-7-8-1-3-9(4-2-8)10(12)5-6-10/h1-4,12H,5-7,11H2. The van der Waals surface area contributed by atoms with Gasteiger partial charge >= 0.3 is 0 Å². The molecule has 1 saturated carbocycles. The van der Waals surface area contributed by atoms with Gasteiger partial charge in [-0.1, -0.05) is 24.3 Å². The molecule has 1 aromatic carbocycles. The van der Waals surface area contributed by atoms with Gasteiger partial charge in [0.25, 0.3) is 0 Å². The van der Waals surface area contributed by atoms with Gasteiger partial charge in [-0.2, -0.15) is 0 Å². The molecule has 12 heavy (non-hydrogen) atoms. The Balaban J connectivity index is 2.25. The first-order valence-corrected chi connectivity index (χ1v) is 4.26. The first kappa shape index (κ1) is 7.77. The van der Waals surface area contributed by atoms with Crippen LogP contribution in [0.4, 0.5) is 0 Å². The molecule has 1 aliphatic carbocycles. The summed E-state index contributed by atoms with van der Waals surface area (Å²) in [5.41, 5.74) is 7.10. The van der Waals surface area contributed by atoms with Gasteiger partial charge in [-0.05, 0) is 24.0 Å². The molecule has 0 atom stereocenters. The lowest BCUT2D eigenvalue weighted by atomic mass is 10.1. The van der Waals surface area contributed by atoms with Crippen molar-refractivity contribution in [1.82, 2.24) is 0 Å². The first-order chi connectivity index (χ1) is 5.74. The number of benzene rings is 1. The lowest BCUT2D eigenvalue weighted by Crippen LogP contribution is -2.04. The van der Waals surface area contributed by atoms with Gasteiger partial charge in [-0.15, -0.1) is 0 Å². The first-order valence-electron chi connectivity index (χ1n) is 4.26. The maximum Gasteiger partial charge on any atom is 0.0899 e. The molecule has 0 aliphatic heterocycles. The van der Waals surface area contributed by atoms with Gasteiger partial charge in [0.05, 0.1) is 5.60 Å². The van der Waals surface area contributed by atoms with Crippen molar-refractivity contribution in [3.05, 3.63) is 35.4 Å². The van der Waals surface area contributed by atoms with Gasteiger partial charge in [0.1, 0.15) is 0 Å². The number of rotatable bonds is 2. The minimum absolute atomic E-state index is 0.507. The second-order valence-electron chi connectivity index (χ2n) is 3.43. The van der Waals surface area contributed by atoms with Crippen LogP contribution in [0.1, 0.15) is 24.0 Å². The van der Waals surface area contributed by atoms with Crippen LogP contribution in [0.15, 0.2) is 24.3 Å². The molecule has 0 heterocycles. The maximum absolute atomic E-state index is 9.73. The van der Waals surface area contributed by atoms with E-state index in [1.165, 1.54) is 0 Å². The molecule has 2 rings (SSSR count). The third kappa shape index (κ3) is 1.24. The van der Waals surface area contributed by atoms with Crippen molar-refractivity contribution in [3.8, 4) is 0 Å². The van der Waals surface area contributed by atoms with Gasteiger partial charge in [0, 0.05) is 6.54 Å². The van der Waals surface area contributed by atoms with Crippen molar-refractivity contribution in [2.75, 3.05) is 0 Å². The van der Waals surface area contributed by atoms with E-state index >= 15 is 0 Å². The zero-order valence-corrected chi connectivity index (χ0v) is 6.96. The molecule has 64 valence electrons. The summed E-state index contributed by atoms with van der Waals surface area (Å²) in [6.07, 6.45) is 1.80. The number of hydrogen-bond acceptors (Lipinski definition) is 2. The van der Waals surface area contributed by atoms with Crippen molar-refractivity contribution in [2.45, 2.75) is 25.0 Å². The van der Waals surface area contributed by atoms with Crippen LogP contribution in [0.2, 0.25) is 0 Å². The minimum atomic E-state index is -0.507. The average Bonchev–Trinajstić information content (AvgIpc) is 2.85. The van der Waals surface area contributed by atoms with E-state index in [0.29, 0.717) is 6.54 Å². The van der Waals surface area contributed by atoms with Crippen LogP contribution in [-0.4, -0.2) is 5.11 Å². The molecule has 0 saturated heterocycles. The predicted molar refractivity (Wildman–Crippen MR) is 47.5 cm³/mol. The molecule has 2 nitrogen and oxygen atoms in total. The van der Waals surface area contributed by atoms with Crippen molar-refractivity contribution in [3.63, 3.8) is 0 Å². The zero-order chi connectivity index (χ0) is 8.60. The highest BCUT2D eigenvalue weighted by Crippen LogP contribution is 2.45. The van der Waals surface area contributed by atoms with Crippen LogP contribution in [-0.2, 0) is 12.1 Å². The fraction of sp³-hybridized carbons (Fsp3) is 0.400. The van der Waals surface area contributed by atoms with Gasteiger partial charge < -0.3 is 10.8 Å². The third-order valence-corrected chi connectivity index (χ3v) is 2.45.